The molecule has 0 N–H and O–H groups in total. The van der Waals surface area contributed by atoms with Crippen molar-refractivity contribution in [3.63, 3.8) is 0 Å². The molecule has 0 aromatic heterocycles. The zero-order valence-electron chi connectivity index (χ0n) is 19.3. The van der Waals surface area contributed by atoms with Crippen LogP contribution in [-0.4, -0.2) is 19.8 Å². The Morgan fingerprint density at radius 3 is 2.09 bits per heavy atom. The lowest BCUT2D eigenvalue weighted by atomic mass is 9.82. The highest BCUT2D eigenvalue weighted by atomic mass is 19.2. The zero-order chi connectivity index (χ0) is 24.5. The van der Waals surface area contributed by atoms with E-state index in [1.807, 2.05) is 0 Å². The summed E-state index contributed by atoms with van der Waals surface area (Å²) in [5, 5.41) is 0. The SMILES string of the molecule is COC1CCC(c2ccc(-c3ccc(OCc4ccc(C5CO5)c(F)c4F)cc3)c(F)c2F)CC1. The Balaban J connectivity index is 1.26. The van der Waals surface area contributed by atoms with Crippen LogP contribution in [-0.2, 0) is 16.1 Å². The summed E-state index contributed by atoms with van der Waals surface area (Å²) < 4.78 is 74.4. The van der Waals surface area contributed by atoms with Gasteiger partial charge in [-0.3, -0.25) is 0 Å². The van der Waals surface area contributed by atoms with Crippen molar-refractivity contribution in [1.29, 1.82) is 0 Å². The van der Waals surface area contributed by atoms with Gasteiger partial charge in [-0.2, -0.15) is 0 Å². The highest BCUT2D eigenvalue weighted by Crippen LogP contribution is 2.38. The molecule has 7 heteroatoms. The highest BCUT2D eigenvalue weighted by Gasteiger charge is 2.30. The first-order chi connectivity index (χ1) is 17.0. The van der Waals surface area contributed by atoms with Crippen LogP contribution in [0.5, 0.6) is 5.75 Å². The van der Waals surface area contributed by atoms with Gasteiger partial charge in [-0.25, -0.2) is 17.6 Å². The molecule has 0 amide bonds. The summed E-state index contributed by atoms with van der Waals surface area (Å²) in [5.41, 5.74) is 1.36. The summed E-state index contributed by atoms with van der Waals surface area (Å²) in [5.74, 6) is -3.17. The van der Waals surface area contributed by atoms with Crippen molar-refractivity contribution in [2.45, 2.75) is 50.4 Å². The quantitative estimate of drug-likeness (QED) is 0.261. The van der Waals surface area contributed by atoms with Crippen molar-refractivity contribution in [1.82, 2.24) is 0 Å². The van der Waals surface area contributed by atoms with Gasteiger partial charge in [0.25, 0.3) is 0 Å². The monoisotopic (exact) mass is 486 g/mol. The molecule has 1 saturated heterocycles. The van der Waals surface area contributed by atoms with E-state index in [2.05, 4.69) is 0 Å². The maximum Gasteiger partial charge on any atom is 0.166 e. The Morgan fingerprint density at radius 1 is 0.771 bits per heavy atom. The third kappa shape index (κ3) is 4.93. The van der Waals surface area contributed by atoms with Gasteiger partial charge in [-0.05, 0) is 54.9 Å². The molecule has 3 aromatic rings. The van der Waals surface area contributed by atoms with Crippen molar-refractivity contribution in [3.05, 3.63) is 88.5 Å². The number of benzene rings is 3. The maximum absolute atomic E-state index is 15.0. The van der Waals surface area contributed by atoms with E-state index in [9.17, 15) is 17.6 Å². The van der Waals surface area contributed by atoms with E-state index in [1.54, 1.807) is 43.5 Å². The minimum Gasteiger partial charge on any atom is -0.489 e. The number of halogens is 4. The molecule has 1 heterocycles. The molecule has 1 unspecified atom stereocenters. The van der Waals surface area contributed by atoms with Crippen molar-refractivity contribution in [2.75, 3.05) is 13.7 Å². The van der Waals surface area contributed by atoms with Crippen LogP contribution < -0.4 is 4.74 Å². The number of rotatable bonds is 7. The van der Waals surface area contributed by atoms with Crippen molar-refractivity contribution >= 4 is 0 Å². The Kier molecular flexibility index (Phi) is 6.80. The molecule has 0 spiro atoms. The van der Waals surface area contributed by atoms with E-state index in [0.717, 1.165) is 25.7 Å². The number of methoxy groups -OCH3 is 1. The summed E-state index contributed by atoms with van der Waals surface area (Å²) >= 11 is 0. The van der Waals surface area contributed by atoms with E-state index in [1.165, 1.54) is 12.1 Å². The second kappa shape index (κ2) is 9.99. The molecule has 1 aliphatic carbocycles. The average Bonchev–Trinajstić information content (AvgIpc) is 3.72. The van der Waals surface area contributed by atoms with Gasteiger partial charge >= 0.3 is 0 Å². The molecular weight excluding hydrogens is 460 g/mol. The average molecular weight is 487 g/mol. The molecule has 3 nitrogen and oxygen atoms in total. The molecular formula is C28H26F4O3. The first-order valence-corrected chi connectivity index (χ1v) is 11.8. The minimum atomic E-state index is -0.956. The van der Waals surface area contributed by atoms with Crippen LogP contribution in [0.4, 0.5) is 17.6 Å². The van der Waals surface area contributed by atoms with Gasteiger partial charge in [0.2, 0.25) is 0 Å². The predicted octanol–water partition coefficient (Wildman–Crippen LogP) is 7.23. The second-order valence-corrected chi connectivity index (χ2v) is 9.12. The summed E-state index contributed by atoms with van der Waals surface area (Å²) in [6, 6.07) is 12.7. The van der Waals surface area contributed by atoms with E-state index in [-0.39, 0.29) is 41.4 Å². The van der Waals surface area contributed by atoms with Crippen LogP contribution in [0.25, 0.3) is 11.1 Å². The normalized spacial score (nSPS) is 21.7. The van der Waals surface area contributed by atoms with Crippen LogP contribution in [0.15, 0.2) is 48.5 Å². The van der Waals surface area contributed by atoms with Crippen LogP contribution in [0, 0.1) is 23.3 Å². The summed E-state index contributed by atoms with van der Waals surface area (Å²) in [6.45, 7) is 0.220. The fourth-order valence-electron chi connectivity index (χ4n) is 4.80. The molecule has 0 radical (unpaired) electrons. The smallest absolute Gasteiger partial charge is 0.166 e. The van der Waals surface area contributed by atoms with Gasteiger partial charge in [0.1, 0.15) is 18.5 Å². The first kappa shape index (κ1) is 23.8. The molecule has 2 aliphatic rings. The van der Waals surface area contributed by atoms with E-state index in [4.69, 9.17) is 14.2 Å². The molecule has 1 atom stereocenters. The molecule has 1 aliphatic heterocycles. The molecule has 35 heavy (non-hydrogen) atoms. The van der Waals surface area contributed by atoms with Gasteiger partial charge < -0.3 is 14.2 Å². The number of hydrogen-bond acceptors (Lipinski definition) is 3. The van der Waals surface area contributed by atoms with Gasteiger partial charge in [0.05, 0.1) is 12.7 Å². The van der Waals surface area contributed by atoms with Crippen molar-refractivity contribution < 1.29 is 31.8 Å². The third-order valence-electron chi connectivity index (χ3n) is 6.99. The standard InChI is InChI=1S/C28H26F4O3/c1-33-19-7-2-16(3-8-19)21-12-13-22(27(31)26(21)30)17-4-9-20(10-5-17)34-14-18-6-11-23(24-15-35-24)28(32)25(18)29/h4-6,9-13,16,19,24H,2-3,7-8,14-15H2,1H3. The lowest BCUT2D eigenvalue weighted by molar-refractivity contribution is 0.0655. The lowest BCUT2D eigenvalue weighted by Gasteiger charge is -2.28. The molecule has 2 fully saturated rings. The van der Waals surface area contributed by atoms with E-state index in [0.29, 0.717) is 23.5 Å². The van der Waals surface area contributed by atoms with Crippen LogP contribution in [0.3, 0.4) is 0 Å². The minimum absolute atomic E-state index is 0.0168. The van der Waals surface area contributed by atoms with Gasteiger partial charge in [0, 0.05) is 23.8 Å². The van der Waals surface area contributed by atoms with Gasteiger partial charge in [0.15, 0.2) is 23.3 Å². The van der Waals surface area contributed by atoms with Crippen LogP contribution in [0.2, 0.25) is 0 Å². The fraction of sp³-hybridized carbons (Fsp3) is 0.357. The lowest BCUT2D eigenvalue weighted by Crippen LogP contribution is -2.20. The van der Waals surface area contributed by atoms with Crippen LogP contribution in [0.1, 0.15) is 54.4 Å². The Morgan fingerprint density at radius 2 is 1.43 bits per heavy atom. The maximum atomic E-state index is 15.0. The second-order valence-electron chi connectivity index (χ2n) is 9.12. The molecule has 1 saturated carbocycles. The Hall–Kier alpha value is -2.90. The molecule has 3 aromatic carbocycles. The summed E-state index contributed by atoms with van der Waals surface area (Å²) in [6.07, 6.45) is 3.01. The Bertz CT molecular complexity index is 1200. The molecule has 0 bridgehead atoms. The summed E-state index contributed by atoms with van der Waals surface area (Å²) in [4.78, 5) is 0. The fourth-order valence-corrected chi connectivity index (χ4v) is 4.80. The summed E-state index contributed by atoms with van der Waals surface area (Å²) in [7, 11) is 1.68. The number of hydrogen-bond donors (Lipinski definition) is 0. The van der Waals surface area contributed by atoms with Gasteiger partial charge in [-0.1, -0.05) is 36.4 Å². The predicted molar refractivity (Wildman–Crippen MR) is 123 cm³/mol. The third-order valence-corrected chi connectivity index (χ3v) is 6.99. The number of ether oxygens (including phenoxy) is 3. The molecule has 184 valence electrons. The zero-order valence-corrected chi connectivity index (χ0v) is 19.3. The van der Waals surface area contributed by atoms with Crippen molar-refractivity contribution in [3.8, 4) is 16.9 Å². The van der Waals surface area contributed by atoms with Crippen LogP contribution >= 0.6 is 0 Å². The largest absolute Gasteiger partial charge is 0.489 e. The topological polar surface area (TPSA) is 31.0 Å². The highest BCUT2D eigenvalue weighted by molar-refractivity contribution is 5.65. The number of epoxide rings is 1. The van der Waals surface area contributed by atoms with E-state index < -0.39 is 23.3 Å². The van der Waals surface area contributed by atoms with Gasteiger partial charge in [-0.15, -0.1) is 0 Å². The van der Waals surface area contributed by atoms with E-state index >= 15 is 0 Å². The van der Waals surface area contributed by atoms with Crippen molar-refractivity contribution in [2.24, 2.45) is 0 Å². The molecule has 5 rings (SSSR count). The Labute approximate surface area is 201 Å². The first-order valence-electron chi connectivity index (χ1n) is 11.8.